The number of hydrogen-bond acceptors (Lipinski definition) is 9. The molecule has 5 rings (SSSR count). The van der Waals surface area contributed by atoms with Crippen molar-refractivity contribution < 1.29 is 19.3 Å². The summed E-state index contributed by atoms with van der Waals surface area (Å²) < 4.78 is 20.1. The van der Waals surface area contributed by atoms with E-state index in [0.717, 1.165) is 38.4 Å². The van der Waals surface area contributed by atoms with E-state index >= 15 is 0 Å². The zero-order valence-corrected chi connectivity index (χ0v) is 21.5. The number of halogens is 2. The zero-order valence-electron chi connectivity index (χ0n) is 20.0. The average Bonchev–Trinajstić information content (AvgIpc) is 3.12. The summed E-state index contributed by atoms with van der Waals surface area (Å²) in [7, 11) is 0. The topological polar surface area (TPSA) is 94.8 Å². The molecule has 3 aliphatic rings. The number of aliphatic hydroxyl groups excluding tert-OH is 2. The van der Waals surface area contributed by atoms with E-state index in [2.05, 4.69) is 33.7 Å². The van der Waals surface area contributed by atoms with E-state index in [0.29, 0.717) is 38.5 Å². The number of piperidine rings is 1. The number of nitrogens with zero attached hydrogens (tertiary/aromatic N) is 5. The maximum atomic E-state index is 14.1. The van der Waals surface area contributed by atoms with E-state index in [1.54, 1.807) is 23.4 Å². The van der Waals surface area contributed by atoms with Crippen molar-refractivity contribution in [3.8, 4) is 0 Å². The maximum Gasteiger partial charge on any atom is 0.168 e. The predicted molar refractivity (Wildman–Crippen MR) is 133 cm³/mol. The molecule has 2 atom stereocenters. The second-order valence-corrected chi connectivity index (χ2v) is 11.4. The Hall–Kier alpha value is -1.72. The predicted octanol–water partition coefficient (Wildman–Crippen LogP) is 3.33. The zero-order chi connectivity index (χ0) is 24.8. The van der Waals surface area contributed by atoms with Crippen molar-refractivity contribution in [2.24, 2.45) is 11.3 Å². The number of pyridine rings is 1. The van der Waals surface area contributed by atoms with Crippen LogP contribution in [0.2, 0.25) is 5.02 Å². The number of aromatic nitrogens is 3. The maximum absolute atomic E-state index is 14.1. The monoisotopic (exact) mass is 523 g/mol. The minimum Gasteiger partial charge on any atom is -0.393 e. The van der Waals surface area contributed by atoms with Crippen LogP contribution in [0.3, 0.4) is 0 Å². The summed E-state index contributed by atoms with van der Waals surface area (Å²) in [4.78, 5) is 18.3. The molecule has 2 aromatic heterocycles. The van der Waals surface area contributed by atoms with Crippen molar-refractivity contribution in [3.05, 3.63) is 29.2 Å². The highest BCUT2D eigenvalue weighted by Gasteiger charge is 2.47. The van der Waals surface area contributed by atoms with Gasteiger partial charge in [0.2, 0.25) is 0 Å². The molecule has 0 amide bonds. The van der Waals surface area contributed by atoms with E-state index in [4.69, 9.17) is 21.4 Å². The van der Waals surface area contributed by atoms with Gasteiger partial charge in [-0.25, -0.2) is 19.3 Å². The third-order valence-electron chi connectivity index (χ3n) is 7.89. The lowest BCUT2D eigenvalue weighted by atomic mass is 9.70. The largest absolute Gasteiger partial charge is 0.393 e. The van der Waals surface area contributed by atoms with E-state index in [1.165, 1.54) is 11.8 Å². The first-order valence-corrected chi connectivity index (χ1v) is 13.2. The van der Waals surface area contributed by atoms with Crippen molar-refractivity contribution in [1.29, 1.82) is 0 Å². The highest BCUT2D eigenvalue weighted by molar-refractivity contribution is 7.99. The quantitative estimate of drug-likeness (QED) is 0.591. The molecule has 2 aromatic rings. The highest BCUT2D eigenvalue weighted by atomic mass is 35.5. The van der Waals surface area contributed by atoms with Crippen LogP contribution in [0.1, 0.15) is 32.4 Å². The second-order valence-electron chi connectivity index (χ2n) is 10.0. The molecule has 3 fully saturated rings. The van der Waals surface area contributed by atoms with Crippen LogP contribution < -0.4 is 9.80 Å². The Bertz CT molecular complexity index is 1080. The van der Waals surface area contributed by atoms with Gasteiger partial charge < -0.3 is 24.7 Å². The summed E-state index contributed by atoms with van der Waals surface area (Å²) in [5, 5.41) is 20.2. The Morgan fingerprint density at radius 1 is 1.17 bits per heavy atom. The van der Waals surface area contributed by atoms with E-state index < -0.39 is 12.3 Å². The van der Waals surface area contributed by atoms with Gasteiger partial charge in [-0.15, -0.1) is 0 Å². The Morgan fingerprint density at radius 3 is 2.54 bits per heavy atom. The van der Waals surface area contributed by atoms with Gasteiger partial charge >= 0.3 is 0 Å². The van der Waals surface area contributed by atoms with Crippen LogP contribution in [0.15, 0.2) is 28.4 Å². The number of aliphatic hydroxyl groups is 2. The Balaban J connectivity index is 1.29. The third-order valence-corrected chi connectivity index (χ3v) is 9.34. The molecule has 5 heterocycles. The van der Waals surface area contributed by atoms with Gasteiger partial charge in [-0.1, -0.05) is 30.3 Å². The highest BCUT2D eigenvalue weighted by Crippen LogP contribution is 2.47. The van der Waals surface area contributed by atoms with Gasteiger partial charge in [-0.05, 0) is 31.7 Å². The molecule has 3 saturated heterocycles. The van der Waals surface area contributed by atoms with Crippen LogP contribution in [-0.2, 0) is 11.3 Å². The summed E-state index contributed by atoms with van der Waals surface area (Å²) in [5.74, 6) is 1.73. The van der Waals surface area contributed by atoms with E-state index in [-0.39, 0.29) is 25.1 Å². The van der Waals surface area contributed by atoms with Gasteiger partial charge in [0.1, 0.15) is 16.5 Å². The van der Waals surface area contributed by atoms with Crippen LogP contribution in [0.25, 0.3) is 0 Å². The Morgan fingerprint density at radius 2 is 1.91 bits per heavy atom. The fraction of sp³-hybridized carbons (Fsp3) is 0.625. The van der Waals surface area contributed by atoms with Crippen LogP contribution in [0.5, 0.6) is 0 Å². The minimum atomic E-state index is -1.61. The fourth-order valence-electron chi connectivity index (χ4n) is 5.37. The van der Waals surface area contributed by atoms with Crippen molar-refractivity contribution in [2.45, 2.75) is 55.0 Å². The van der Waals surface area contributed by atoms with Crippen molar-refractivity contribution in [1.82, 2.24) is 15.0 Å². The van der Waals surface area contributed by atoms with E-state index in [1.807, 2.05) is 0 Å². The summed E-state index contributed by atoms with van der Waals surface area (Å²) in [6.45, 7) is 6.34. The molecule has 11 heteroatoms. The fourth-order valence-corrected chi connectivity index (χ4v) is 6.52. The van der Waals surface area contributed by atoms with E-state index in [9.17, 15) is 9.50 Å². The van der Waals surface area contributed by atoms with Gasteiger partial charge in [-0.3, -0.25) is 0 Å². The normalized spacial score (nSPS) is 25.2. The number of rotatable bonds is 6. The van der Waals surface area contributed by atoms with Crippen LogP contribution in [0, 0.1) is 11.3 Å². The minimum absolute atomic E-state index is 0.0500. The van der Waals surface area contributed by atoms with Crippen LogP contribution in [0.4, 0.5) is 16.0 Å². The molecular weight excluding hydrogens is 493 g/mol. The molecule has 1 spiro atoms. The molecule has 0 saturated carbocycles. The Kier molecular flexibility index (Phi) is 6.86. The molecule has 0 radical (unpaired) electrons. The first kappa shape index (κ1) is 25.0. The molecule has 0 bridgehead atoms. The lowest BCUT2D eigenvalue weighted by Crippen LogP contribution is -2.61. The lowest BCUT2D eigenvalue weighted by molar-refractivity contribution is 0.0440. The SMILES string of the molecule is C[C@@H]1OCC2(CCN(c3ncc(Sc4ccnc(N5CC(F)(CO)C5)c4Cl)nc3CO)CC2)[C@@H]1C. The molecule has 2 N–H and O–H groups in total. The molecule has 0 aromatic carbocycles. The van der Waals surface area contributed by atoms with Crippen molar-refractivity contribution >= 4 is 35.0 Å². The first-order valence-electron chi connectivity index (χ1n) is 12.0. The molecular formula is C24H31ClFN5O3S. The van der Waals surface area contributed by atoms with Crippen molar-refractivity contribution in [2.75, 3.05) is 49.2 Å². The van der Waals surface area contributed by atoms with Gasteiger partial charge in [0.15, 0.2) is 11.5 Å². The Labute approximate surface area is 213 Å². The lowest BCUT2D eigenvalue weighted by Gasteiger charge is -2.44. The molecule has 3 aliphatic heterocycles. The molecule has 8 nitrogen and oxygen atoms in total. The number of ether oxygens (including phenoxy) is 1. The van der Waals surface area contributed by atoms with Gasteiger partial charge in [0, 0.05) is 29.6 Å². The van der Waals surface area contributed by atoms with Crippen LogP contribution in [-0.4, -0.2) is 76.3 Å². The second kappa shape index (κ2) is 9.63. The number of alkyl halides is 1. The summed E-state index contributed by atoms with van der Waals surface area (Å²) in [5.41, 5.74) is -0.849. The first-order chi connectivity index (χ1) is 16.8. The summed E-state index contributed by atoms with van der Waals surface area (Å²) >= 11 is 7.91. The third kappa shape index (κ3) is 4.59. The smallest absolute Gasteiger partial charge is 0.168 e. The summed E-state index contributed by atoms with van der Waals surface area (Å²) in [6.07, 6.45) is 5.67. The average molecular weight is 524 g/mol. The number of hydrogen-bond donors (Lipinski definition) is 2. The summed E-state index contributed by atoms with van der Waals surface area (Å²) in [6, 6.07) is 1.77. The van der Waals surface area contributed by atoms with Gasteiger partial charge in [-0.2, -0.15) is 0 Å². The van der Waals surface area contributed by atoms with Crippen LogP contribution >= 0.6 is 23.4 Å². The standard InChI is InChI=1S/C24H31ClFN5O3S/c1-15-16(2)34-14-23(15)4-7-30(8-5-23)21-17(10-32)29-19(9-28-21)35-18-3-6-27-22(20(18)25)31-11-24(26,12-31)13-33/h3,6,9,15-16,32-33H,4-5,7-8,10-14H2,1-2H3/t15-,16+/m1/s1. The number of anilines is 2. The molecule has 190 valence electrons. The van der Waals surface area contributed by atoms with Gasteiger partial charge in [0.25, 0.3) is 0 Å². The molecule has 35 heavy (non-hydrogen) atoms. The molecule has 0 unspecified atom stereocenters. The van der Waals surface area contributed by atoms with Crippen molar-refractivity contribution in [3.63, 3.8) is 0 Å². The molecule has 0 aliphatic carbocycles. The van der Waals surface area contributed by atoms with Gasteiger partial charge in [0.05, 0.1) is 50.2 Å².